The van der Waals surface area contributed by atoms with Crippen LogP contribution in [0.1, 0.15) is 25.0 Å². The number of benzene rings is 1. The molecule has 0 atom stereocenters. The maximum absolute atomic E-state index is 12.6. The highest BCUT2D eigenvalue weighted by Gasteiger charge is 2.30. The van der Waals surface area contributed by atoms with Crippen LogP contribution in [0.5, 0.6) is 0 Å². The molecule has 0 spiro atoms. The predicted molar refractivity (Wildman–Crippen MR) is 73.3 cm³/mol. The van der Waals surface area contributed by atoms with Gasteiger partial charge in [0.05, 0.1) is 12.1 Å². The number of alkyl halides is 3. The van der Waals surface area contributed by atoms with Crippen molar-refractivity contribution in [3.05, 3.63) is 35.4 Å². The molecule has 0 aromatic heterocycles. The number of nitrogens with zero attached hydrogens (tertiary/aromatic N) is 3. The minimum absolute atomic E-state index is 0.0225. The molecular formula is C13H17F3N4. The van der Waals surface area contributed by atoms with E-state index in [9.17, 15) is 13.2 Å². The first kappa shape index (κ1) is 16.0. The topological polar surface area (TPSA) is 54.0 Å². The van der Waals surface area contributed by atoms with Gasteiger partial charge in [0.25, 0.3) is 0 Å². The Morgan fingerprint density at radius 2 is 2.05 bits per heavy atom. The van der Waals surface area contributed by atoms with Gasteiger partial charge in [0.2, 0.25) is 5.96 Å². The highest BCUT2D eigenvalue weighted by atomic mass is 19.4. The molecule has 1 aromatic carbocycles. The van der Waals surface area contributed by atoms with E-state index in [1.54, 1.807) is 11.1 Å². The average molecular weight is 286 g/mol. The molecule has 0 aliphatic rings. The Balaban J connectivity index is 2.98. The summed E-state index contributed by atoms with van der Waals surface area (Å²) in [5.74, 6) is -0.0225. The van der Waals surface area contributed by atoms with Crippen LogP contribution in [0.25, 0.3) is 0 Å². The molecule has 20 heavy (non-hydrogen) atoms. The summed E-state index contributed by atoms with van der Waals surface area (Å²) in [6.07, 6.45) is -4.36. The third-order valence-electron chi connectivity index (χ3n) is 2.59. The van der Waals surface area contributed by atoms with Crippen molar-refractivity contribution in [1.29, 1.82) is 0 Å². The first-order valence-electron chi connectivity index (χ1n) is 5.97. The molecular weight excluding hydrogens is 269 g/mol. The van der Waals surface area contributed by atoms with Gasteiger partial charge >= 0.3 is 6.18 Å². The zero-order chi connectivity index (χ0) is 15.3. The van der Waals surface area contributed by atoms with Gasteiger partial charge in [0.1, 0.15) is 0 Å². The fraction of sp³-hybridized carbons (Fsp3) is 0.385. The van der Waals surface area contributed by atoms with Gasteiger partial charge < -0.3 is 5.73 Å². The fourth-order valence-electron chi connectivity index (χ4n) is 1.53. The lowest BCUT2D eigenvalue weighted by Gasteiger charge is -2.23. The van der Waals surface area contributed by atoms with Crippen molar-refractivity contribution in [3.63, 3.8) is 0 Å². The molecule has 1 aromatic rings. The van der Waals surface area contributed by atoms with Crippen LogP contribution in [0.4, 0.5) is 13.2 Å². The van der Waals surface area contributed by atoms with Gasteiger partial charge in [-0.3, -0.25) is 5.01 Å². The maximum atomic E-state index is 12.6. The van der Waals surface area contributed by atoms with Crippen LogP contribution < -0.4 is 5.73 Å². The molecule has 0 amide bonds. The third kappa shape index (κ3) is 4.56. The van der Waals surface area contributed by atoms with E-state index in [-0.39, 0.29) is 18.5 Å². The van der Waals surface area contributed by atoms with Crippen molar-refractivity contribution in [2.75, 3.05) is 0 Å². The zero-order valence-electron chi connectivity index (χ0n) is 11.4. The summed E-state index contributed by atoms with van der Waals surface area (Å²) in [4.78, 5) is 3.47. The van der Waals surface area contributed by atoms with E-state index >= 15 is 0 Å². The molecule has 0 saturated carbocycles. The molecule has 0 saturated heterocycles. The standard InChI is InChI=1S/C13H17F3N4/c1-9(2)20(19-12(17)18-3)8-10-5-4-6-11(7-10)13(14,15)16/h4-7,9H,3,8H2,1-2H3,(H2,17,19). The van der Waals surface area contributed by atoms with Crippen LogP contribution in [0.15, 0.2) is 34.4 Å². The van der Waals surface area contributed by atoms with Crippen LogP contribution in [0, 0.1) is 0 Å². The Morgan fingerprint density at radius 3 is 2.55 bits per heavy atom. The van der Waals surface area contributed by atoms with Crippen molar-refractivity contribution in [2.45, 2.75) is 32.6 Å². The summed E-state index contributed by atoms with van der Waals surface area (Å²) in [6.45, 7) is 7.16. The van der Waals surface area contributed by atoms with Crippen molar-refractivity contribution in [1.82, 2.24) is 5.01 Å². The number of hydrazone groups is 1. The Kier molecular flexibility index (Phi) is 5.12. The second kappa shape index (κ2) is 6.40. The molecule has 0 bridgehead atoms. The van der Waals surface area contributed by atoms with Crippen LogP contribution in [0.2, 0.25) is 0 Å². The number of halogens is 3. The van der Waals surface area contributed by atoms with E-state index < -0.39 is 11.7 Å². The van der Waals surface area contributed by atoms with Gasteiger partial charge in [-0.15, -0.1) is 5.10 Å². The normalized spacial score (nSPS) is 12.6. The van der Waals surface area contributed by atoms with Gasteiger partial charge in [-0.2, -0.15) is 13.2 Å². The highest BCUT2D eigenvalue weighted by Crippen LogP contribution is 2.29. The number of aliphatic imine (C=N–C) groups is 1. The van der Waals surface area contributed by atoms with E-state index in [4.69, 9.17) is 5.73 Å². The van der Waals surface area contributed by atoms with Crippen molar-refractivity contribution >= 4 is 12.7 Å². The molecule has 0 heterocycles. The molecule has 0 unspecified atom stereocenters. The largest absolute Gasteiger partial charge is 0.416 e. The Hall–Kier alpha value is -2.05. The monoisotopic (exact) mass is 286 g/mol. The van der Waals surface area contributed by atoms with E-state index in [1.165, 1.54) is 6.07 Å². The summed E-state index contributed by atoms with van der Waals surface area (Å²) in [5, 5.41) is 5.55. The summed E-state index contributed by atoms with van der Waals surface area (Å²) >= 11 is 0. The predicted octanol–water partition coefficient (Wildman–Crippen LogP) is 2.85. The Morgan fingerprint density at radius 1 is 1.40 bits per heavy atom. The first-order chi connectivity index (χ1) is 9.24. The van der Waals surface area contributed by atoms with E-state index in [2.05, 4.69) is 16.8 Å². The molecule has 0 radical (unpaired) electrons. The number of hydrogen-bond acceptors (Lipinski definition) is 2. The van der Waals surface area contributed by atoms with Gasteiger partial charge in [0.15, 0.2) is 0 Å². The van der Waals surface area contributed by atoms with Crippen LogP contribution in [-0.4, -0.2) is 23.7 Å². The second-order valence-electron chi connectivity index (χ2n) is 4.51. The average Bonchev–Trinajstić information content (AvgIpc) is 2.37. The van der Waals surface area contributed by atoms with E-state index in [1.807, 2.05) is 13.8 Å². The number of hydrogen-bond donors (Lipinski definition) is 1. The summed E-state index contributed by atoms with van der Waals surface area (Å²) in [7, 11) is 0. The van der Waals surface area contributed by atoms with Crippen LogP contribution in [-0.2, 0) is 12.7 Å². The first-order valence-corrected chi connectivity index (χ1v) is 5.97. The fourth-order valence-corrected chi connectivity index (χ4v) is 1.53. The van der Waals surface area contributed by atoms with Crippen molar-refractivity contribution in [2.24, 2.45) is 15.8 Å². The molecule has 0 fully saturated rings. The third-order valence-corrected chi connectivity index (χ3v) is 2.59. The molecule has 110 valence electrons. The van der Waals surface area contributed by atoms with Gasteiger partial charge in [-0.05, 0) is 38.3 Å². The van der Waals surface area contributed by atoms with Crippen molar-refractivity contribution < 1.29 is 13.2 Å². The summed E-state index contributed by atoms with van der Waals surface area (Å²) in [6, 6.07) is 5.08. The lowest BCUT2D eigenvalue weighted by Crippen LogP contribution is -2.28. The summed E-state index contributed by atoms with van der Waals surface area (Å²) in [5.41, 5.74) is 5.28. The molecule has 7 heteroatoms. The Bertz CT molecular complexity index is 495. The highest BCUT2D eigenvalue weighted by molar-refractivity contribution is 5.81. The maximum Gasteiger partial charge on any atom is 0.416 e. The molecule has 2 N–H and O–H groups in total. The quantitative estimate of drug-likeness (QED) is 0.525. The van der Waals surface area contributed by atoms with Crippen LogP contribution >= 0.6 is 0 Å². The number of rotatable bonds is 4. The smallest absolute Gasteiger partial charge is 0.367 e. The number of guanidine groups is 1. The van der Waals surface area contributed by atoms with E-state index in [0.29, 0.717) is 5.56 Å². The van der Waals surface area contributed by atoms with Gasteiger partial charge in [0, 0.05) is 6.04 Å². The van der Waals surface area contributed by atoms with Crippen LogP contribution in [0.3, 0.4) is 0 Å². The Labute approximate surface area is 115 Å². The lowest BCUT2D eigenvalue weighted by atomic mass is 10.1. The molecule has 0 aliphatic heterocycles. The van der Waals surface area contributed by atoms with Crippen molar-refractivity contribution in [3.8, 4) is 0 Å². The molecule has 1 rings (SSSR count). The SMILES string of the molecule is C=N/C(N)=N\N(Cc1cccc(C(F)(F)F)c1)C(C)C. The summed E-state index contributed by atoms with van der Waals surface area (Å²) < 4.78 is 37.9. The number of nitrogens with two attached hydrogens (primary N) is 1. The molecule has 0 aliphatic carbocycles. The van der Waals surface area contributed by atoms with Gasteiger partial charge in [-0.25, -0.2) is 4.99 Å². The second-order valence-corrected chi connectivity index (χ2v) is 4.51. The minimum atomic E-state index is -4.36. The molecule has 4 nitrogen and oxygen atoms in total. The van der Waals surface area contributed by atoms with Gasteiger partial charge in [-0.1, -0.05) is 12.1 Å². The minimum Gasteiger partial charge on any atom is -0.367 e. The lowest BCUT2D eigenvalue weighted by molar-refractivity contribution is -0.137. The van der Waals surface area contributed by atoms with E-state index in [0.717, 1.165) is 12.1 Å². The zero-order valence-corrected chi connectivity index (χ0v) is 11.4.